The van der Waals surface area contributed by atoms with E-state index in [9.17, 15) is 29.6 Å². The second-order valence-electron chi connectivity index (χ2n) is 7.27. The Labute approximate surface area is 200 Å². The zero-order valence-electron chi connectivity index (χ0n) is 17.6. The molecule has 1 unspecified atom stereocenters. The number of aliphatic carboxylic acids is 1. The molecular formula is C18H18N8O6S2. The number of β-lactam (4-membered cyclic amide) rings is 1. The van der Waals surface area contributed by atoms with Crippen LogP contribution in [0.4, 0.5) is 10.5 Å². The van der Waals surface area contributed by atoms with Gasteiger partial charge in [0.05, 0.1) is 4.92 Å². The lowest BCUT2D eigenvalue weighted by Crippen LogP contribution is -2.71. The number of hydrogen-bond acceptors (Lipinski definition) is 10. The second kappa shape index (κ2) is 9.68. The van der Waals surface area contributed by atoms with Gasteiger partial charge in [-0.1, -0.05) is 23.9 Å². The minimum absolute atomic E-state index is 0.0593. The summed E-state index contributed by atoms with van der Waals surface area (Å²) in [6.45, 7) is 0.102. The number of carboxylic acid groups (broad SMARTS) is 1. The van der Waals surface area contributed by atoms with Gasteiger partial charge in [0.2, 0.25) is 5.16 Å². The molecule has 2 aliphatic rings. The molecule has 3 amide bonds. The van der Waals surface area contributed by atoms with Crippen molar-refractivity contribution in [3.63, 3.8) is 0 Å². The third kappa shape index (κ3) is 4.67. The van der Waals surface area contributed by atoms with Gasteiger partial charge in [-0.05, 0) is 21.6 Å². The minimum Gasteiger partial charge on any atom is -0.477 e. The molecule has 0 spiro atoms. The quantitative estimate of drug-likeness (QED) is 0.194. The molecule has 1 aromatic heterocycles. The van der Waals surface area contributed by atoms with Crippen LogP contribution in [-0.2, 0) is 23.2 Å². The first-order chi connectivity index (χ1) is 16.3. The van der Waals surface area contributed by atoms with Gasteiger partial charge in [0.1, 0.15) is 17.1 Å². The van der Waals surface area contributed by atoms with Crippen LogP contribution in [0.2, 0.25) is 0 Å². The molecule has 1 saturated heterocycles. The van der Waals surface area contributed by atoms with Gasteiger partial charge < -0.3 is 15.7 Å². The number of fused-ring (bicyclic) bond motifs is 1. The Morgan fingerprint density at radius 3 is 2.71 bits per heavy atom. The summed E-state index contributed by atoms with van der Waals surface area (Å²) in [5, 5.41) is 36.7. The molecule has 2 aromatic rings. The lowest BCUT2D eigenvalue weighted by molar-refractivity contribution is -0.384. The summed E-state index contributed by atoms with van der Waals surface area (Å²) in [6.07, 6.45) is 0. The van der Waals surface area contributed by atoms with Crippen molar-refractivity contribution in [2.75, 3.05) is 11.5 Å². The van der Waals surface area contributed by atoms with Crippen LogP contribution in [0.15, 0.2) is 40.7 Å². The van der Waals surface area contributed by atoms with Crippen molar-refractivity contribution >= 4 is 47.1 Å². The Balaban J connectivity index is 1.36. The molecule has 3 heterocycles. The van der Waals surface area contributed by atoms with Crippen molar-refractivity contribution in [1.29, 1.82) is 0 Å². The molecule has 0 aliphatic carbocycles. The number of benzene rings is 1. The molecule has 1 fully saturated rings. The number of thioether (sulfide) groups is 2. The van der Waals surface area contributed by atoms with Crippen LogP contribution >= 0.6 is 23.5 Å². The largest absolute Gasteiger partial charge is 0.477 e. The fourth-order valence-electron chi connectivity index (χ4n) is 3.40. The number of aryl methyl sites for hydroxylation is 1. The number of non-ortho nitro benzene ring substituents is 1. The van der Waals surface area contributed by atoms with E-state index in [1.165, 1.54) is 57.4 Å². The van der Waals surface area contributed by atoms with Crippen LogP contribution in [-0.4, -0.2) is 76.0 Å². The van der Waals surface area contributed by atoms with Crippen LogP contribution in [0.5, 0.6) is 0 Å². The second-order valence-corrected chi connectivity index (χ2v) is 9.32. The molecule has 0 saturated carbocycles. The van der Waals surface area contributed by atoms with Crippen molar-refractivity contribution in [2.24, 2.45) is 7.05 Å². The number of carbonyl (C=O) groups is 3. The summed E-state index contributed by atoms with van der Waals surface area (Å²) >= 11 is 2.63. The van der Waals surface area contributed by atoms with Gasteiger partial charge in [-0.2, -0.15) is 0 Å². The molecule has 0 bridgehead atoms. The fraction of sp³-hybridized carbons (Fsp3) is 0.333. The predicted octanol–water partition coefficient (Wildman–Crippen LogP) is 0.332. The molecule has 0 radical (unpaired) electrons. The van der Waals surface area contributed by atoms with E-state index in [1.54, 1.807) is 7.05 Å². The van der Waals surface area contributed by atoms with E-state index in [0.717, 1.165) is 0 Å². The maximum atomic E-state index is 12.7. The van der Waals surface area contributed by atoms with Crippen molar-refractivity contribution in [2.45, 2.75) is 23.1 Å². The lowest BCUT2D eigenvalue weighted by atomic mass is 10.0. The maximum absolute atomic E-state index is 12.7. The minimum atomic E-state index is -1.22. The smallest absolute Gasteiger partial charge is 0.352 e. The number of urea groups is 1. The van der Waals surface area contributed by atoms with Crippen LogP contribution in [0.1, 0.15) is 5.56 Å². The third-order valence-corrected chi connectivity index (χ3v) is 7.53. The lowest BCUT2D eigenvalue weighted by Gasteiger charge is -2.49. The number of nitrogens with zero attached hydrogens (tertiary/aromatic N) is 6. The first kappa shape index (κ1) is 23.5. The average molecular weight is 507 g/mol. The van der Waals surface area contributed by atoms with Crippen LogP contribution < -0.4 is 10.6 Å². The summed E-state index contributed by atoms with van der Waals surface area (Å²) in [4.78, 5) is 48.3. The van der Waals surface area contributed by atoms with E-state index < -0.39 is 34.2 Å². The SMILES string of the molecule is Cn1nnnc1SCC1=C(C(=O)O)N2C(=O)C(NC(=O)NCc3ccc([N+](=O)[O-])cc3)[C@@H]2SC1. The van der Waals surface area contributed by atoms with Gasteiger partial charge >= 0.3 is 12.0 Å². The van der Waals surface area contributed by atoms with E-state index in [4.69, 9.17) is 0 Å². The molecule has 178 valence electrons. The average Bonchev–Trinajstić information content (AvgIpc) is 3.23. The van der Waals surface area contributed by atoms with Crippen molar-refractivity contribution in [1.82, 2.24) is 35.7 Å². The van der Waals surface area contributed by atoms with Gasteiger partial charge in [-0.3, -0.25) is 19.8 Å². The first-order valence-corrected chi connectivity index (χ1v) is 11.8. The predicted molar refractivity (Wildman–Crippen MR) is 120 cm³/mol. The molecule has 34 heavy (non-hydrogen) atoms. The van der Waals surface area contributed by atoms with Gasteiger partial charge in [-0.25, -0.2) is 14.3 Å². The van der Waals surface area contributed by atoms with Crippen LogP contribution in [0.25, 0.3) is 0 Å². The van der Waals surface area contributed by atoms with Crippen LogP contribution in [0.3, 0.4) is 0 Å². The monoisotopic (exact) mass is 506 g/mol. The van der Waals surface area contributed by atoms with Crippen LogP contribution in [0, 0.1) is 10.1 Å². The normalized spacial score (nSPS) is 19.3. The van der Waals surface area contributed by atoms with Gasteiger partial charge in [-0.15, -0.1) is 16.9 Å². The highest BCUT2D eigenvalue weighted by molar-refractivity contribution is 8.01. The summed E-state index contributed by atoms with van der Waals surface area (Å²) in [7, 11) is 1.67. The molecule has 14 nitrogen and oxygen atoms in total. The number of aromatic nitrogens is 4. The van der Waals surface area contributed by atoms with Gasteiger partial charge in [0.15, 0.2) is 0 Å². The zero-order valence-corrected chi connectivity index (χ0v) is 19.2. The Morgan fingerprint density at radius 1 is 1.35 bits per heavy atom. The molecule has 3 N–H and O–H groups in total. The molecule has 2 aliphatic heterocycles. The number of tetrazole rings is 1. The van der Waals surface area contributed by atoms with Crippen molar-refractivity contribution in [3.05, 3.63) is 51.2 Å². The molecule has 4 rings (SSSR count). The van der Waals surface area contributed by atoms with Crippen molar-refractivity contribution < 1.29 is 24.4 Å². The Morgan fingerprint density at radius 2 is 2.09 bits per heavy atom. The third-order valence-electron chi connectivity index (χ3n) is 5.09. The maximum Gasteiger partial charge on any atom is 0.352 e. The highest BCUT2D eigenvalue weighted by Gasteiger charge is 2.54. The highest BCUT2D eigenvalue weighted by Crippen LogP contribution is 2.41. The standard InChI is InChI=1S/C18H18N8O6S2/c1-24-18(21-22-23-24)34-8-10-7-33-15-12(14(27)25(15)13(10)16(28)29)20-17(30)19-6-9-2-4-11(5-3-9)26(31)32/h2-5,12,15H,6-8H2,1H3,(H,28,29)(H2,19,20,30)/t12?,15-/m0/s1. The summed E-state index contributed by atoms with van der Waals surface area (Å²) < 4.78 is 1.47. The topological polar surface area (TPSA) is 185 Å². The van der Waals surface area contributed by atoms with Gasteiger partial charge in [0.25, 0.3) is 11.6 Å². The number of nitro groups is 1. The van der Waals surface area contributed by atoms with E-state index in [0.29, 0.717) is 27.8 Å². The number of carbonyl (C=O) groups excluding carboxylic acids is 2. The summed E-state index contributed by atoms with van der Waals surface area (Å²) in [6, 6.07) is 4.23. The summed E-state index contributed by atoms with van der Waals surface area (Å²) in [5.74, 6) is -1.06. The molecule has 1 aromatic carbocycles. The number of hydrogen-bond donors (Lipinski definition) is 3. The van der Waals surface area contributed by atoms with E-state index in [1.807, 2.05) is 0 Å². The van der Waals surface area contributed by atoms with Crippen molar-refractivity contribution in [3.8, 4) is 0 Å². The Kier molecular flexibility index (Phi) is 6.69. The molecule has 16 heteroatoms. The Bertz CT molecular complexity index is 1180. The van der Waals surface area contributed by atoms with E-state index >= 15 is 0 Å². The number of nitro benzene ring substituents is 1. The molecular weight excluding hydrogens is 488 g/mol. The van der Waals surface area contributed by atoms with E-state index in [-0.39, 0.29) is 17.9 Å². The first-order valence-electron chi connectivity index (χ1n) is 9.79. The molecule has 2 atom stereocenters. The number of carboxylic acids is 1. The van der Waals surface area contributed by atoms with E-state index in [2.05, 4.69) is 26.2 Å². The number of amides is 3. The number of nitrogens with one attached hydrogen (secondary N) is 2. The Hall–Kier alpha value is -3.66. The zero-order chi connectivity index (χ0) is 24.4. The number of rotatable bonds is 8. The highest BCUT2D eigenvalue weighted by atomic mass is 32.2. The summed E-state index contributed by atoms with van der Waals surface area (Å²) in [5.41, 5.74) is 1.07. The fourth-order valence-corrected chi connectivity index (χ4v) is 5.73. The van der Waals surface area contributed by atoms with Gasteiger partial charge in [0, 0.05) is 37.2 Å².